The minimum atomic E-state index is 0.297. The van der Waals surface area contributed by atoms with Gasteiger partial charge in [-0.25, -0.2) is 5.90 Å². The van der Waals surface area contributed by atoms with Gasteiger partial charge in [-0.15, -0.1) is 0 Å². The Bertz CT molecular complexity index is 248. The fraction of sp³-hybridized carbons (Fsp3) is 0.250. The van der Waals surface area contributed by atoms with Gasteiger partial charge in [0.1, 0.15) is 5.75 Å². The van der Waals surface area contributed by atoms with Gasteiger partial charge in [-0.2, -0.15) is 0 Å². The van der Waals surface area contributed by atoms with Gasteiger partial charge >= 0.3 is 0 Å². The van der Waals surface area contributed by atoms with Crippen molar-refractivity contribution in [1.29, 1.82) is 0 Å². The molecule has 0 saturated heterocycles. The highest BCUT2D eigenvalue weighted by atomic mass is 16.6. The Morgan fingerprint density at radius 1 is 1.55 bits per heavy atom. The molecular weight excluding hydrogens is 142 g/mol. The molecule has 0 saturated carbocycles. The molecule has 3 heteroatoms. The lowest BCUT2D eigenvalue weighted by Gasteiger charge is -2.01. The van der Waals surface area contributed by atoms with Crippen LogP contribution >= 0.6 is 0 Å². The molecule has 0 fully saturated rings. The largest absolute Gasteiger partial charge is 0.508 e. The molecule has 0 aliphatic rings. The zero-order valence-corrected chi connectivity index (χ0v) is 6.37. The Kier molecular flexibility index (Phi) is 2.46. The van der Waals surface area contributed by atoms with Crippen LogP contribution in [0.2, 0.25) is 0 Å². The van der Waals surface area contributed by atoms with E-state index in [1.807, 2.05) is 13.0 Å². The summed E-state index contributed by atoms with van der Waals surface area (Å²) < 4.78 is 0. The van der Waals surface area contributed by atoms with Crippen molar-refractivity contribution in [3.63, 3.8) is 0 Å². The third-order valence-electron chi connectivity index (χ3n) is 1.51. The molecule has 0 heterocycles. The van der Waals surface area contributed by atoms with Crippen molar-refractivity contribution in [1.82, 2.24) is 0 Å². The second kappa shape index (κ2) is 3.37. The van der Waals surface area contributed by atoms with E-state index in [4.69, 9.17) is 11.0 Å². The van der Waals surface area contributed by atoms with Crippen LogP contribution in [0, 0.1) is 6.92 Å². The maximum atomic E-state index is 9.14. The topological polar surface area (TPSA) is 55.5 Å². The third kappa shape index (κ3) is 1.93. The molecule has 0 aromatic heterocycles. The molecule has 11 heavy (non-hydrogen) atoms. The Balaban J connectivity index is 2.86. The van der Waals surface area contributed by atoms with Crippen molar-refractivity contribution in [2.75, 3.05) is 0 Å². The highest BCUT2D eigenvalue weighted by Crippen LogP contribution is 2.16. The molecule has 0 aliphatic heterocycles. The number of aromatic hydroxyl groups is 1. The van der Waals surface area contributed by atoms with E-state index >= 15 is 0 Å². The lowest BCUT2D eigenvalue weighted by atomic mass is 10.1. The first-order valence-corrected chi connectivity index (χ1v) is 3.34. The fourth-order valence-electron chi connectivity index (χ4n) is 0.904. The average molecular weight is 153 g/mol. The highest BCUT2D eigenvalue weighted by Gasteiger charge is 1.96. The maximum absolute atomic E-state index is 9.14. The molecule has 1 aromatic rings. The minimum Gasteiger partial charge on any atom is -0.508 e. The van der Waals surface area contributed by atoms with Crippen molar-refractivity contribution in [3.8, 4) is 5.75 Å². The molecule has 0 unspecified atom stereocenters. The van der Waals surface area contributed by atoms with E-state index in [1.54, 1.807) is 12.1 Å². The van der Waals surface area contributed by atoms with Crippen LogP contribution in [0.5, 0.6) is 5.75 Å². The van der Waals surface area contributed by atoms with E-state index in [-0.39, 0.29) is 0 Å². The Hall–Kier alpha value is -1.06. The second-order valence-electron chi connectivity index (χ2n) is 2.43. The molecule has 0 aliphatic carbocycles. The fourth-order valence-corrected chi connectivity index (χ4v) is 0.904. The van der Waals surface area contributed by atoms with E-state index in [1.165, 1.54) is 0 Å². The number of rotatable bonds is 2. The number of phenolic OH excluding ortho intramolecular Hbond substituents is 1. The van der Waals surface area contributed by atoms with Crippen LogP contribution in [0.1, 0.15) is 11.1 Å². The quantitative estimate of drug-likeness (QED) is 0.625. The summed E-state index contributed by atoms with van der Waals surface area (Å²) in [5.74, 6) is 5.18. The number of benzene rings is 1. The van der Waals surface area contributed by atoms with Gasteiger partial charge in [0, 0.05) is 0 Å². The zero-order valence-electron chi connectivity index (χ0n) is 6.37. The van der Waals surface area contributed by atoms with Crippen LogP contribution in [-0.4, -0.2) is 5.11 Å². The first-order valence-electron chi connectivity index (χ1n) is 3.34. The van der Waals surface area contributed by atoms with Crippen molar-refractivity contribution < 1.29 is 9.94 Å². The molecule has 0 radical (unpaired) electrons. The van der Waals surface area contributed by atoms with Crippen LogP contribution in [-0.2, 0) is 11.4 Å². The molecule has 0 atom stereocenters. The maximum Gasteiger partial charge on any atom is 0.118 e. The van der Waals surface area contributed by atoms with Crippen LogP contribution in [0.3, 0.4) is 0 Å². The standard InChI is InChI=1S/C8H11NO2/c1-6-4-7(5-11-9)2-3-8(6)10/h2-4,10H,5,9H2,1H3. The molecule has 0 spiro atoms. The first kappa shape index (κ1) is 8.04. The van der Waals surface area contributed by atoms with Crippen LogP contribution in [0.4, 0.5) is 0 Å². The lowest BCUT2D eigenvalue weighted by Crippen LogP contribution is -1.98. The summed E-state index contributed by atoms with van der Waals surface area (Å²) in [5, 5.41) is 9.14. The van der Waals surface area contributed by atoms with E-state index in [0.717, 1.165) is 11.1 Å². The second-order valence-corrected chi connectivity index (χ2v) is 2.43. The Morgan fingerprint density at radius 3 is 2.82 bits per heavy atom. The normalized spacial score (nSPS) is 10.0. The Labute approximate surface area is 65.4 Å². The van der Waals surface area contributed by atoms with Gasteiger partial charge in [-0.1, -0.05) is 12.1 Å². The average Bonchev–Trinajstić information content (AvgIpc) is 1.98. The van der Waals surface area contributed by atoms with E-state index in [9.17, 15) is 0 Å². The van der Waals surface area contributed by atoms with Gasteiger partial charge in [0.2, 0.25) is 0 Å². The summed E-state index contributed by atoms with van der Waals surface area (Å²) in [6.07, 6.45) is 0. The summed E-state index contributed by atoms with van der Waals surface area (Å²) in [6.45, 7) is 2.20. The summed E-state index contributed by atoms with van der Waals surface area (Å²) in [7, 11) is 0. The summed E-state index contributed by atoms with van der Waals surface area (Å²) in [5.41, 5.74) is 1.79. The van der Waals surface area contributed by atoms with Gasteiger partial charge in [0.15, 0.2) is 0 Å². The third-order valence-corrected chi connectivity index (χ3v) is 1.51. The molecule has 1 aromatic carbocycles. The monoisotopic (exact) mass is 153 g/mol. The smallest absolute Gasteiger partial charge is 0.118 e. The molecule has 1 rings (SSSR count). The number of phenols is 1. The number of aryl methyl sites for hydroxylation is 1. The van der Waals surface area contributed by atoms with E-state index in [2.05, 4.69) is 4.84 Å². The highest BCUT2D eigenvalue weighted by molar-refractivity contribution is 5.34. The van der Waals surface area contributed by atoms with E-state index < -0.39 is 0 Å². The van der Waals surface area contributed by atoms with Crippen molar-refractivity contribution in [2.24, 2.45) is 5.90 Å². The SMILES string of the molecule is Cc1cc(CON)ccc1O. The molecule has 0 bridgehead atoms. The number of hydrogen-bond acceptors (Lipinski definition) is 3. The molecule has 0 amide bonds. The zero-order chi connectivity index (χ0) is 8.27. The summed E-state index contributed by atoms with van der Waals surface area (Å²) in [6, 6.07) is 5.24. The van der Waals surface area contributed by atoms with Gasteiger partial charge in [-0.05, 0) is 24.1 Å². The predicted octanol–water partition coefficient (Wildman–Crippen LogP) is 1.09. The molecule has 60 valence electrons. The number of hydrogen-bond donors (Lipinski definition) is 2. The van der Waals surface area contributed by atoms with Crippen molar-refractivity contribution in [3.05, 3.63) is 29.3 Å². The van der Waals surface area contributed by atoms with E-state index in [0.29, 0.717) is 12.4 Å². The molecular formula is C8H11NO2. The van der Waals surface area contributed by atoms with Gasteiger partial charge in [0.25, 0.3) is 0 Å². The molecule has 3 N–H and O–H groups in total. The van der Waals surface area contributed by atoms with Crippen LogP contribution < -0.4 is 5.90 Å². The van der Waals surface area contributed by atoms with Gasteiger partial charge < -0.3 is 5.11 Å². The molecule has 3 nitrogen and oxygen atoms in total. The van der Waals surface area contributed by atoms with Gasteiger partial charge in [-0.3, -0.25) is 4.84 Å². The summed E-state index contributed by atoms with van der Waals surface area (Å²) >= 11 is 0. The van der Waals surface area contributed by atoms with Crippen LogP contribution in [0.15, 0.2) is 18.2 Å². The minimum absolute atomic E-state index is 0.297. The van der Waals surface area contributed by atoms with Crippen LogP contribution in [0.25, 0.3) is 0 Å². The van der Waals surface area contributed by atoms with Crippen molar-refractivity contribution in [2.45, 2.75) is 13.5 Å². The number of nitrogens with two attached hydrogens (primary N) is 1. The van der Waals surface area contributed by atoms with Gasteiger partial charge in [0.05, 0.1) is 6.61 Å². The Morgan fingerprint density at radius 2 is 2.27 bits per heavy atom. The predicted molar refractivity (Wildman–Crippen MR) is 41.8 cm³/mol. The van der Waals surface area contributed by atoms with Crippen molar-refractivity contribution >= 4 is 0 Å². The first-order chi connectivity index (χ1) is 5.24. The lowest BCUT2D eigenvalue weighted by molar-refractivity contribution is 0.124. The summed E-state index contributed by atoms with van der Waals surface area (Å²) in [4.78, 5) is 4.44.